The monoisotopic (exact) mass is 212 g/mol. The molecule has 0 aromatic carbocycles. The molecule has 0 saturated heterocycles. The van der Waals surface area contributed by atoms with E-state index in [9.17, 15) is 0 Å². The van der Waals surface area contributed by atoms with Crippen LogP contribution in [0.3, 0.4) is 0 Å². The first-order chi connectivity index (χ1) is 7.05. The smallest absolute Gasteiger partial charge is 0.0969 e. The van der Waals surface area contributed by atoms with Crippen molar-refractivity contribution in [2.45, 2.75) is 51.6 Å². The number of amidine groups is 1. The quantitative estimate of drug-likeness (QED) is 0.574. The van der Waals surface area contributed by atoms with Gasteiger partial charge in [-0.25, -0.2) is 0 Å². The zero-order chi connectivity index (χ0) is 11.3. The molecule has 2 N–H and O–H groups in total. The fourth-order valence-corrected chi connectivity index (χ4v) is 1.87. The average Bonchev–Trinajstić information content (AvgIpc) is 2.27. The van der Waals surface area contributed by atoms with Gasteiger partial charge in [-0.05, 0) is 26.7 Å². The maximum atomic E-state index is 6.00. The predicted molar refractivity (Wildman–Crippen MR) is 64.2 cm³/mol. The number of rotatable bonds is 4. The molecule has 0 aliphatic heterocycles. The predicted octanol–water partition coefficient (Wildman–Crippen LogP) is 2.35. The third kappa shape index (κ3) is 4.20. The van der Waals surface area contributed by atoms with Gasteiger partial charge in [-0.1, -0.05) is 19.3 Å². The summed E-state index contributed by atoms with van der Waals surface area (Å²) < 4.78 is 5.31. The molecule has 1 aliphatic rings. The van der Waals surface area contributed by atoms with Crippen LogP contribution in [0.2, 0.25) is 0 Å². The Balaban J connectivity index is 2.44. The van der Waals surface area contributed by atoms with Gasteiger partial charge in [0.05, 0.1) is 18.0 Å². The molecule has 1 aliphatic carbocycles. The first kappa shape index (κ1) is 12.5. The molecule has 1 saturated carbocycles. The van der Waals surface area contributed by atoms with Crippen LogP contribution in [-0.2, 0) is 4.74 Å². The van der Waals surface area contributed by atoms with Crippen molar-refractivity contribution in [2.75, 3.05) is 13.7 Å². The van der Waals surface area contributed by atoms with E-state index in [0.717, 1.165) is 5.84 Å². The molecule has 15 heavy (non-hydrogen) atoms. The lowest BCUT2D eigenvalue weighted by molar-refractivity contribution is 0.0310. The van der Waals surface area contributed by atoms with Crippen LogP contribution >= 0.6 is 0 Å². The van der Waals surface area contributed by atoms with Gasteiger partial charge in [0.2, 0.25) is 0 Å². The lowest BCUT2D eigenvalue weighted by Gasteiger charge is -2.24. The van der Waals surface area contributed by atoms with Crippen molar-refractivity contribution in [1.29, 1.82) is 0 Å². The lowest BCUT2D eigenvalue weighted by Crippen LogP contribution is -2.31. The Bertz CT molecular complexity index is 218. The van der Waals surface area contributed by atoms with Gasteiger partial charge in [-0.3, -0.25) is 4.99 Å². The normalized spacial score (nSPS) is 20.6. The Labute approximate surface area is 93.1 Å². The van der Waals surface area contributed by atoms with Crippen LogP contribution in [0.1, 0.15) is 46.0 Å². The molecule has 3 nitrogen and oxygen atoms in total. The SMILES string of the molecule is COC(C)(C)CN=C(N)C1CCCCC1. The number of nitrogens with two attached hydrogens (primary N) is 1. The summed E-state index contributed by atoms with van der Waals surface area (Å²) in [7, 11) is 1.71. The van der Waals surface area contributed by atoms with E-state index in [1.54, 1.807) is 7.11 Å². The molecule has 0 atom stereocenters. The number of hydrogen-bond acceptors (Lipinski definition) is 2. The van der Waals surface area contributed by atoms with E-state index in [1.807, 2.05) is 13.8 Å². The molecule has 1 fully saturated rings. The molecular formula is C12H24N2O. The Hall–Kier alpha value is -0.570. The first-order valence-electron chi connectivity index (χ1n) is 5.90. The second-order valence-corrected chi connectivity index (χ2v) is 5.04. The Morgan fingerprint density at radius 3 is 2.47 bits per heavy atom. The molecule has 0 aromatic rings. The van der Waals surface area contributed by atoms with E-state index in [0.29, 0.717) is 12.5 Å². The summed E-state index contributed by atoms with van der Waals surface area (Å²) in [6.07, 6.45) is 6.38. The van der Waals surface area contributed by atoms with Crippen molar-refractivity contribution in [3.8, 4) is 0 Å². The Morgan fingerprint density at radius 2 is 1.93 bits per heavy atom. The third-order valence-electron chi connectivity index (χ3n) is 3.22. The summed E-state index contributed by atoms with van der Waals surface area (Å²) in [6, 6.07) is 0. The fourth-order valence-electron chi connectivity index (χ4n) is 1.87. The molecule has 0 radical (unpaired) electrons. The number of hydrogen-bond donors (Lipinski definition) is 1. The Kier molecular flexibility index (Phi) is 4.58. The molecule has 1 rings (SSSR count). The van der Waals surface area contributed by atoms with Crippen LogP contribution in [0.15, 0.2) is 4.99 Å². The van der Waals surface area contributed by atoms with Gasteiger partial charge in [0.1, 0.15) is 0 Å². The summed E-state index contributed by atoms with van der Waals surface area (Å²) in [4.78, 5) is 4.46. The van der Waals surface area contributed by atoms with Crippen molar-refractivity contribution in [2.24, 2.45) is 16.6 Å². The van der Waals surface area contributed by atoms with Crippen LogP contribution < -0.4 is 5.73 Å². The van der Waals surface area contributed by atoms with Crippen molar-refractivity contribution in [3.63, 3.8) is 0 Å². The van der Waals surface area contributed by atoms with Gasteiger partial charge in [-0.15, -0.1) is 0 Å². The molecule has 3 heteroatoms. The standard InChI is InChI=1S/C12H24N2O/c1-12(2,15-3)9-14-11(13)10-7-5-4-6-8-10/h10H,4-9H2,1-3H3,(H2,13,14). The molecule has 0 heterocycles. The van der Waals surface area contributed by atoms with Crippen molar-refractivity contribution in [3.05, 3.63) is 0 Å². The summed E-state index contributed by atoms with van der Waals surface area (Å²) in [6.45, 7) is 4.72. The minimum atomic E-state index is -0.195. The topological polar surface area (TPSA) is 47.6 Å². The molecule has 0 unspecified atom stereocenters. The maximum Gasteiger partial charge on any atom is 0.0969 e. The molecular weight excluding hydrogens is 188 g/mol. The number of methoxy groups -OCH3 is 1. The van der Waals surface area contributed by atoms with E-state index in [-0.39, 0.29) is 5.60 Å². The summed E-state index contributed by atoms with van der Waals surface area (Å²) in [5.74, 6) is 1.35. The van der Waals surface area contributed by atoms with Crippen LogP contribution in [0.4, 0.5) is 0 Å². The van der Waals surface area contributed by atoms with Gasteiger partial charge >= 0.3 is 0 Å². The largest absolute Gasteiger partial charge is 0.387 e. The number of aliphatic imine (C=N–C) groups is 1. The van der Waals surface area contributed by atoms with Crippen molar-refractivity contribution >= 4 is 5.84 Å². The average molecular weight is 212 g/mol. The van der Waals surface area contributed by atoms with Crippen molar-refractivity contribution < 1.29 is 4.74 Å². The van der Waals surface area contributed by atoms with E-state index in [4.69, 9.17) is 10.5 Å². The van der Waals surface area contributed by atoms with Gasteiger partial charge in [0.25, 0.3) is 0 Å². The van der Waals surface area contributed by atoms with Crippen LogP contribution in [0, 0.1) is 5.92 Å². The third-order valence-corrected chi connectivity index (χ3v) is 3.22. The van der Waals surface area contributed by atoms with Gasteiger partial charge in [-0.2, -0.15) is 0 Å². The second-order valence-electron chi connectivity index (χ2n) is 5.04. The van der Waals surface area contributed by atoms with Crippen LogP contribution in [0.5, 0.6) is 0 Å². The second kappa shape index (κ2) is 5.50. The highest BCUT2D eigenvalue weighted by Crippen LogP contribution is 2.23. The van der Waals surface area contributed by atoms with E-state index >= 15 is 0 Å². The van der Waals surface area contributed by atoms with Gasteiger partial charge < -0.3 is 10.5 Å². The summed E-state index contributed by atoms with van der Waals surface area (Å²) >= 11 is 0. The highest BCUT2D eigenvalue weighted by molar-refractivity contribution is 5.82. The summed E-state index contributed by atoms with van der Waals surface area (Å²) in [5, 5.41) is 0. The molecule has 0 spiro atoms. The van der Waals surface area contributed by atoms with E-state index in [1.165, 1.54) is 32.1 Å². The Morgan fingerprint density at radius 1 is 1.33 bits per heavy atom. The lowest BCUT2D eigenvalue weighted by atomic mass is 9.88. The van der Waals surface area contributed by atoms with Crippen LogP contribution in [-0.4, -0.2) is 25.1 Å². The molecule has 0 amide bonds. The number of nitrogens with zero attached hydrogens (tertiary/aromatic N) is 1. The van der Waals surface area contributed by atoms with Gasteiger partial charge in [0, 0.05) is 13.0 Å². The first-order valence-corrected chi connectivity index (χ1v) is 5.90. The minimum absolute atomic E-state index is 0.195. The molecule has 0 bridgehead atoms. The molecule has 88 valence electrons. The summed E-state index contributed by atoms with van der Waals surface area (Å²) in [5.41, 5.74) is 5.81. The fraction of sp³-hybridized carbons (Fsp3) is 0.917. The van der Waals surface area contributed by atoms with E-state index < -0.39 is 0 Å². The zero-order valence-corrected chi connectivity index (χ0v) is 10.3. The zero-order valence-electron chi connectivity index (χ0n) is 10.3. The minimum Gasteiger partial charge on any atom is -0.387 e. The highest BCUT2D eigenvalue weighted by Gasteiger charge is 2.19. The molecule has 0 aromatic heterocycles. The highest BCUT2D eigenvalue weighted by atomic mass is 16.5. The van der Waals surface area contributed by atoms with Crippen molar-refractivity contribution in [1.82, 2.24) is 0 Å². The van der Waals surface area contributed by atoms with Crippen LogP contribution in [0.25, 0.3) is 0 Å². The van der Waals surface area contributed by atoms with Gasteiger partial charge in [0.15, 0.2) is 0 Å². The maximum absolute atomic E-state index is 6.00. The number of ether oxygens (including phenoxy) is 1. The van der Waals surface area contributed by atoms with E-state index in [2.05, 4.69) is 4.99 Å².